The molecular weight excluding hydrogens is 244 g/mol. The fourth-order valence-electron chi connectivity index (χ4n) is 2.04. The number of hydrogen-bond donors (Lipinski definition) is 1. The number of anilines is 1. The lowest BCUT2D eigenvalue weighted by Crippen LogP contribution is -2.30. The quantitative estimate of drug-likeness (QED) is 0.764. The molecule has 0 aliphatic heterocycles. The van der Waals surface area contributed by atoms with E-state index in [0.29, 0.717) is 11.0 Å². The van der Waals surface area contributed by atoms with Gasteiger partial charge >= 0.3 is 0 Å². The van der Waals surface area contributed by atoms with Crippen LogP contribution in [0.15, 0.2) is 12.4 Å². The van der Waals surface area contributed by atoms with E-state index < -0.39 is 0 Å². The average Bonchev–Trinajstić information content (AvgIpc) is 3.14. The minimum atomic E-state index is 0.573. The maximum atomic E-state index is 5.59. The van der Waals surface area contributed by atoms with E-state index in [1.54, 1.807) is 6.33 Å². The zero-order valence-electron chi connectivity index (χ0n) is 10.8. The summed E-state index contributed by atoms with van der Waals surface area (Å²) in [6.07, 6.45) is 7.00. The number of nitrogens with zero attached hydrogens (tertiary/aromatic N) is 3. The molecule has 1 aromatic heterocycles. The van der Waals surface area contributed by atoms with Crippen molar-refractivity contribution in [1.29, 1.82) is 0 Å². The molecule has 2 N–H and O–H groups in total. The highest BCUT2D eigenvalue weighted by Crippen LogP contribution is 2.30. The Hall–Kier alpha value is -1.23. The Morgan fingerprint density at radius 3 is 2.89 bits per heavy atom. The molecule has 98 valence electrons. The van der Waals surface area contributed by atoms with Gasteiger partial charge in [0.15, 0.2) is 0 Å². The molecule has 0 spiro atoms. The standard InChI is InChI=1S/C13H20N4S/c1-2-3-10-8-13(16-9-15-10)17(11-4-5-11)7-6-12(14)18/h8-9,11H,2-7H2,1H3,(H2,14,18). The summed E-state index contributed by atoms with van der Waals surface area (Å²) in [6.45, 7) is 3.02. The van der Waals surface area contributed by atoms with E-state index in [-0.39, 0.29) is 0 Å². The van der Waals surface area contributed by atoms with Crippen LogP contribution in [0, 0.1) is 0 Å². The molecule has 4 nitrogen and oxygen atoms in total. The fourth-order valence-corrected chi connectivity index (χ4v) is 2.13. The molecule has 0 aromatic carbocycles. The summed E-state index contributed by atoms with van der Waals surface area (Å²) < 4.78 is 0. The second-order valence-electron chi connectivity index (χ2n) is 4.76. The number of aromatic nitrogens is 2. The zero-order chi connectivity index (χ0) is 13.0. The minimum absolute atomic E-state index is 0.573. The van der Waals surface area contributed by atoms with Crippen molar-refractivity contribution in [2.75, 3.05) is 11.4 Å². The molecule has 0 amide bonds. The number of thiocarbonyl (C=S) groups is 1. The van der Waals surface area contributed by atoms with Gasteiger partial charge in [0.1, 0.15) is 12.1 Å². The highest BCUT2D eigenvalue weighted by atomic mass is 32.1. The summed E-state index contributed by atoms with van der Waals surface area (Å²) in [6, 6.07) is 2.71. The minimum Gasteiger partial charge on any atom is -0.393 e. The van der Waals surface area contributed by atoms with Gasteiger partial charge in [-0.15, -0.1) is 0 Å². The Kier molecular flexibility index (Phi) is 4.47. The molecule has 18 heavy (non-hydrogen) atoms. The second-order valence-corrected chi connectivity index (χ2v) is 5.28. The van der Waals surface area contributed by atoms with E-state index in [4.69, 9.17) is 18.0 Å². The third-order valence-electron chi connectivity index (χ3n) is 3.10. The molecular formula is C13H20N4S. The van der Waals surface area contributed by atoms with Gasteiger partial charge in [-0.1, -0.05) is 25.6 Å². The van der Waals surface area contributed by atoms with Crippen LogP contribution < -0.4 is 10.6 Å². The summed E-state index contributed by atoms with van der Waals surface area (Å²) >= 11 is 4.96. The Balaban J connectivity index is 2.09. The van der Waals surface area contributed by atoms with Gasteiger partial charge in [0.2, 0.25) is 0 Å². The van der Waals surface area contributed by atoms with Gasteiger partial charge in [-0.25, -0.2) is 9.97 Å². The third kappa shape index (κ3) is 3.63. The van der Waals surface area contributed by atoms with Crippen LogP contribution >= 0.6 is 12.2 Å². The number of hydrogen-bond acceptors (Lipinski definition) is 4. The van der Waals surface area contributed by atoms with Gasteiger partial charge in [-0.2, -0.15) is 0 Å². The SMILES string of the molecule is CCCc1cc(N(CCC(N)=S)C2CC2)ncn1. The zero-order valence-corrected chi connectivity index (χ0v) is 11.6. The summed E-state index contributed by atoms with van der Waals surface area (Å²) in [5.41, 5.74) is 6.70. The number of nitrogens with two attached hydrogens (primary N) is 1. The summed E-state index contributed by atoms with van der Waals surface area (Å²) in [4.78, 5) is 11.6. The van der Waals surface area contributed by atoms with Gasteiger partial charge < -0.3 is 10.6 Å². The van der Waals surface area contributed by atoms with Crippen molar-refractivity contribution in [3.8, 4) is 0 Å². The average molecular weight is 264 g/mol. The van der Waals surface area contributed by atoms with Crippen LogP contribution in [0.3, 0.4) is 0 Å². The molecule has 1 saturated carbocycles. The third-order valence-corrected chi connectivity index (χ3v) is 3.30. The van der Waals surface area contributed by atoms with Gasteiger partial charge in [0.25, 0.3) is 0 Å². The Morgan fingerprint density at radius 1 is 1.50 bits per heavy atom. The Morgan fingerprint density at radius 2 is 2.28 bits per heavy atom. The molecule has 2 rings (SSSR count). The number of rotatable bonds is 7. The summed E-state index contributed by atoms with van der Waals surface area (Å²) in [5, 5.41) is 0. The van der Waals surface area contributed by atoms with E-state index in [1.165, 1.54) is 12.8 Å². The lowest BCUT2D eigenvalue weighted by atomic mass is 10.2. The lowest BCUT2D eigenvalue weighted by molar-refractivity contribution is 0.775. The highest BCUT2D eigenvalue weighted by molar-refractivity contribution is 7.80. The van der Waals surface area contributed by atoms with Gasteiger partial charge in [-0.3, -0.25) is 0 Å². The molecule has 1 fully saturated rings. The molecule has 0 bridgehead atoms. The van der Waals surface area contributed by atoms with Crippen molar-refractivity contribution in [3.63, 3.8) is 0 Å². The van der Waals surface area contributed by atoms with Crippen molar-refractivity contribution in [2.24, 2.45) is 5.73 Å². The normalized spacial score (nSPS) is 14.5. The fraction of sp³-hybridized carbons (Fsp3) is 0.615. The maximum absolute atomic E-state index is 5.59. The topological polar surface area (TPSA) is 55.0 Å². The van der Waals surface area contributed by atoms with Crippen LogP contribution in [0.4, 0.5) is 5.82 Å². The predicted octanol–water partition coefficient (Wildman–Crippen LogP) is 2.07. The first-order valence-electron chi connectivity index (χ1n) is 6.56. The van der Waals surface area contributed by atoms with E-state index in [0.717, 1.165) is 37.3 Å². The van der Waals surface area contributed by atoms with Gasteiger partial charge in [-0.05, 0) is 19.3 Å². The molecule has 1 aromatic rings. The van der Waals surface area contributed by atoms with Crippen LogP contribution in [0.1, 0.15) is 38.3 Å². The molecule has 1 aliphatic carbocycles. The molecule has 5 heteroatoms. The molecule has 1 heterocycles. The smallest absolute Gasteiger partial charge is 0.132 e. The van der Waals surface area contributed by atoms with E-state index in [9.17, 15) is 0 Å². The van der Waals surface area contributed by atoms with Crippen LogP contribution in [-0.4, -0.2) is 27.5 Å². The summed E-state index contributed by atoms with van der Waals surface area (Å²) in [7, 11) is 0. The van der Waals surface area contributed by atoms with E-state index >= 15 is 0 Å². The van der Waals surface area contributed by atoms with E-state index in [1.807, 2.05) is 0 Å². The van der Waals surface area contributed by atoms with Crippen molar-refractivity contribution in [2.45, 2.75) is 45.1 Å². The summed E-state index contributed by atoms with van der Waals surface area (Å²) in [5.74, 6) is 1.02. The second kappa shape index (κ2) is 6.09. The molecule has 0 radical (unpaired) electrons. The first-order valence-corrected chi connectivity index (χ1v) is 6.97. The first kappa shape index (κ1) is 13.2. The largest absolute Gasteiger partial charge is 0.393 e. The molecule has 0 unspecified atom stereocenters. The maximum Gasteiger partial charge on any atom is 0.132 e. The molecule has 0 atom stereocenters. The van der Waals surface area contributed by atoms with Crippen molar-refractivity contribution in [3.05, 3.63) is 18.1 Å². The highest BCUT2D eigenvalue weighted by Gasteiger charge is 2.29. The van der Waals surface area contributed by atoms with Crippen LogP contribution in [-0.2, 0) is 6.42 Å². The van der Waals surface area contributed by atoms with Crippen LogP contribution in [0.5, 0.6) is 0 Å². The van der Waals surface area contributed by atoms with Crippen molar-refractivity contribution < 1.29 is 0 Å². The van der Waals surface area contributed by atoms with Gasteiger partial charge in [0.05, 0.1) is 4.99 Å². The lowest BCUT2D eigenvalue weighted by Gasteiger charge is -2.23. The molecule has 0 saturated heterocycles. The van der Waals surface area contributed by atoms with Crippen LogP contribution in [0.25, 0.3) is 0 Å². The van der Waals surface area contributed by atoms with Crippen LogP contribution in [0.2, 0.25) is 0 Å². The predicted molar refractivity (Wildman–Crippen MR) is 77.8 cm³/mol. The molecule has 1 aliphatic rings. The number of aryl methyl sites for hydroxylation is 1. The van der Waals surface area contributed by atoms with Gasteiger partial charge in [0, 0.05) is 30.8 Å². The Bertz CT molecular complexity index is 417. The van der Waals surface area contributed by atoms with E-state index in [2.05, 4.69) is 27.9 Å². The van der Waals surface area contributed by atoms with Crippen molar-refractivity contribution in [1.82, 2.24) is 9.97 Å². The Labute approximate surface area is 114 Å². The monoisotopic (exact) mass is 264 g/mol. The van der Waals surface area contributed by atoms with Crippen molar-refractivity contribution >= 4 is 23.0 Å². The first-order chi connectivity index (χ1) is 8.70.